The van der Waals surface area contributed by atoms with Crippen molar-refractivity contribution >= 4 is 17.1 Å². The Kier molecular flexibility index (Phi) is 6.20. The normalized spacial score (nSPS) is 11.1. The molecular formula is C21H24N4O2. The minimum atomic E-state index is 0.611. The first-order valence-corrected chi connectivity index (χ1v) is 8.92. The van der Waals surface area contributed by atoms with Gasteiger partial charge in [-0.2, -0.15) is 5.10 Å². The number of rotatable bonds is 8. The molecule has 27 heavy (non-hydrogen) atoms. The summed E-state index contributed by atoms with van der Waals surface area (Å²) in [5.41, 5.74) is 2.96. The Balaban J connectivity index is 1.78. The molecular weight excluding hydrogens is 340 g/mol. The number of hydrogen-bond acceptors (Lipinski definition) is 6. The lowest BCUT2D eigenvalue weighted by Crippen LogP contribution is -2.16. The van der Waals surface area contributed by atoms with Crippen LogP contribution in [0.1, 0.15) is 18.2 Å². The van der Waals surface area contributed by atoms with Crippen LogP contribution in [0.25, 0.3) is 10.9 Å². The number of methoxy groups -OCH3 is 2. The molecule has 0 saturated carbocycles. The summed E-state index contributed by atoms with van der Waals surface area (Å²) in [6.07, 6.45) is 4.07. The molecule has 6 nitrogen and oxygen atoms in total. The third kappa shape index (κ3) is 4.53. The Morgan fingerprint density at radius 2 is 1.78 bits per heavy atom. The van der Waals surface area contributed by atoms with Gasteiger partial charge in [0.1, 0.15) is 6.33 Å². The zero-order chi connectivity index (χ0) is 19.1. The van der Waals surface area contributed by atoms with Gasteiger partial charge < -0.3 is 9.47 Å². The Labute approximate surface area is 159 Å². The van der Waals surface area contributed by atoms with Crippen molar-refractivity contribution in [2.45, 2.75) is 19.9 Å². The fourth-order valence-electron chi connectivity index (χ4n) is 2.87. The van der Waals surface area contributed by atoms with Gasteiger partial charge in [-0.1, -0.05) is 30.3 Å². The fraction of sp³-hybridized carbons (Fsp3) is 0.286. The monoisotopic (exact) mass is 364 g/mol. The second-order valence-corrected chi connectivity index (χ2v) is 6.01. The van der Waals surface area contributed by atoms with Crippen LogP contribution in [-0.4, -0.2) is 42.0 Å². The second kappa shape index (κ2) is 8.98. The molecule has 0 N–H and O–H groups in total. The molecule has 6 heteroatoms. The van der Waals surface area contributed by atoms with E-state index in [-0.39, 0.29) is 0 Å². The summed E-state index contributed by atoms with van der Waals surface area (Å²) < 4.78 is 10.8. The molecule has 140 valence electrons. The molecule has 0 aliphatic rings. The van der Waals surface area contributed by atoms with Gasteiger partial charge in [0.2, 0.25) is 0 Å². The molecule has 1 heterocycles. The topological polar surface area (TPSA) is 59.8 Å². The number of hydrogen-bond donors (Lipinski definition) is 0. The molecule has 0 fully saturated rings. The number of fused-ring (bicyclic) bond motifs is 1. The van der Waals surface area contributed by atoms with Crippen molar-refractivity contribution in [2.24, 2.45) is 5.10 Å². The van der Waals surface area contributed by atoms with Gasteiger partial charge in [0.25, 0.3) is 0 Å². The summed E-state index contributed by atoms with van der Waals surface area (Å²) in [5, 5.41) is 7.58. The summed E-state index contributed by atoms with van der Waals surface area (Å²) in [6.45, 7) is 3.71. The zero-order valence-electron chi connectivity index (χ0n) is 15.9. The molecule has 3 rings (SSSR count). The highest BCUT2D eigenvalue weighted by Crippen LogP contribution is 2.32. The Bertz CT molecular complexity index is 913. The van der Waals surface area contributed by atoms with Crippen LogP contribution in [-0.2, 0) is 13.0 Å². The van der Waals surface area contributed by atoms with Crippen LogP contribution < -0.4 is 9.47 Å². The largest absolute Gasteiger partial charge is 0.493 e. The van der Waals surface area contributed by atoms with Crippen molar-refractivity contribution in [3.63, 3.8) is 0 Å². The van der Waals surface area contributed by atoms with Crippen molar-refractivity contribution in [1.82, 2.24) is 15.0 Å². The highest BCUT2D eigenvalue weighted by molar-refractivity contribution is 5.86. The van der Waals surface area contributed by atoms with Crippen LogP contribution in [0.2, 0.25) is 0 Å². The van der Waals surface area contributed by atoms with Crippen molar-refractivity contribution in [2.75, 3.05) is 20.8 Å². The Morgan fingerprint density at radius 3 is 2.48 bits per heavy atom. The summed E-state index contributed by atoms with van der Waals surface area (Å²) in [4.78, 5) is 8.77. The molecule has 0 aliphatic carbocycles. The van der Waals surface area contributed by atoms with E-state index in [1.54, 1.807) is 20.5 Å². The molecule has 1 aromatic heterocycles. The minimum absolute atomic E-state index is 0.611. The maximum Gasteiger partial charge on any atom is 0.162 e. The van der Waals surface area contributed by atoms with Gasteiger partial charge in [0, 0.05) is 30.6 Å². The summed E-state index contributed by atoms with van der Waals surface area (Å²) >= 11 is 0. The van der Waals surface area contributed by atoms with Gasteiger partial charge >= 0.3 is 0 Å². The average Bonchev–Trinajstić information content (AvgIpc) is 2.72. The van der Waals surface area contributed by atoms with E-state index in [0.29, 0.717) is 17.9 Å². The quantitative estimate of drug-likeness (QED) is 0.451. The first-order valence-electron chi connectivity index (χ1n) is 8.92. The van der Waals surface area contributed by atoms with Gasteiger partial charge in [-0.3, -0.25) is 5.01 Å². The van der Waals surface area contributed by atoms with Crippen molar-refractivity contribution in [1.29, 1.82) is 0 Å². The van der Waals surface area contributed by atoms with Crippen LogP contribution in [0, 0.1) is 0 Å². The molecule has 2 aromatic carbocycles. The second-order valence-electron chi connectivity index (χ2n) is 6.01. The van der Waals surface area contributed by atoms with Crippen molar-refractivity contribution in [3.8, 4) is 11.5 Å². The number of benzene rings is 2. The smallest absolute Gasteiger partial charge is 0.162 e. The van der Waals surface area contributed by atoms with E-state index in [0.717, 1.165) is 29.7 Å². The van der Waals surface area contributed by atoms with E-state index in [4.69, 9.17) is 9.47 Å². The molecule has 0 atom stereocenters. The molecule has 0 bridgehead atoms. The van der Waals surface area contributed by atoms with Crippen LogP contribution in [0.5, 0.6) is 11.5 Å². The minimum Gasteiger partial charge on any atom is -0.493 e. The van der Waals surface area contributed by atoms with E-state index in [2.05, 4.69) is 34.1 Å². The molecule has 0 aliphatic heterocycles. The maximum absolute atomic E-state index is 5.40. The molecule has 3 aromatic rings. The Morgan fingerprint density at radius 1 is 1.04 bits per heavy atom. The lowest BCUT2D eigenvalue weighted by Gasteiger charge is -2.16. The summed E-state index contributed by atoms with van der Waals surface area (Å²) in [6, 6.07) is 14.1. The first kappa shape index (κ1) is 18.6. The SMILES string of the molecule is CCN(Cc1ccccc1)/N=C\Cc1ncnc2cc(OC)c(OC)cc12. The number of nitrogens with zero attached hydrogens (tertiary/aromatic N) is 4. The predicted molar refractivity (Wildman–Crippen MR) is 107 cm³/mol. The van der Waals surface area contributed by atoms with Gasteiger partial charge in [-0.15, -0.1) is 0 Å². The fourth-order valence-corrected chi connectivity index (χ4v) is 2.87. The molecule has 0 saturated heterocycles. The highest BCUT2D eigenvalue weighted by atomic mass is 16.5. The zero-order valence-corrected chi connectivity index (χ0v) is 15.9. The third-order valence-corrected chi connectivity index (χ3v) is 4.33. The molecule has 0 unspecified atom stereocenters. The standard InChI is InChI=1S/C21H24N4O2/c1-4-25(14-16-8-6-5-7-9-16)24-11-10-18-17-12-20(26-2)21(27-3)13-19(17)23-15-22-18/h5-9,11-13,15H,4,10,14H2,1-3H3/b24-11-. The Hall–Kier alpha value is -3.15. The highest BCUT2D eigenvalue weighted by Gasteiger charge is 2.10. The molecule has 0 amide bonds. The van der Waals surface area contributed by atoms with Crippen molar-refractivity contribution in [3.05, 3.63) is 60.0 Å². The predicted octanol–water partition coefficient (Wildman–Crippen LogP) is 3.70. The number of hydrazone groups is 1. The summed E-state index contributed by atoms with van der Waals surface area (Å²) in [5.74, 6) is 1.32. The third-order valence-electron chi connectivity index (χ3n) is 4.33. The van der Waals surface area contributed by atoms with Crippen LogP contribution in [0.3, 0.4) is 0 Å². The van der Waals surface area contributed by atoms with E-state index in [1.165, 1.54) is 5.56 Å². The van der Waals surface area contributed by atoms with Gasteiger partial charge in [-0.25, -0.2) is 9.97 Å². The maximum atomic E-state index is 5.40. The van der Waals surface area contributed by atoms with E-state index in [9.17, 15) is 0 Å². The number of aromatic nitrogens is 2. The lowest BCUT2D eigenvalue weighted by atomic mass is 10.1. The summed E-state index contributed by atoms with van der Waals surface area (Å²) in [7, 11) is 3.24. The van der Waals surface area contributed by atoms with E-state index >= 15 is 0 Å². The average molecular weight is 364 g/mol. The van der Waals surface area contributed by atoms with Crippen molar-refractivity contribution < 1.29 is 9.47 Å². The first-order chi connectivity index (χ1) is 13.2. The van der Waals surface area contributed by atoms with Crippen LogP contribution >= 0.6 is 0 Å². The van der Waals surface area contributed by atoms with Gasteiger partial charge in [0.05, 0.1) is 32.0 Å². The lowest BCUT2D eigenvalue weighted by molar-refractivity contribution is 0.297. The van der Waals surface area contributed by atoms with E-state index in [1.807, 2.05) is 41.6 Å². The number of ether oxygens (including phenoxy) is 2. The van der Waals surface area contributed by atoms with E-state index < -0.39 is 0 Å². The van der Waals surface area contributed by atoms with Gasteiger partial charge in [0.15, 0.2) is 11.5 Å². The van der Waals surface area contributed by atoms with Crippen LogP contribution in [0.15, 0.2) is 53.9 Å². The molecule has 0 radical (unpaired) electrons. The van der Waals surface area contributed by atoms with Gasteiger partial charge in [-0.05, 0) is 18.6 Å². The molecule has 0 spiro atoms. The van der Waals surface area contributed by atoms with Crippen LogP contribution in [0.4, 0.5) is 0 Å².